The Labute approximate surface area is 119 Å². The van der Waals surface area contributed by atoms with Gasteiger partial charge >= 0.3 is 5.69 Å². The first-order valence-electron chi connectivity index (χ1n) is 7.02. The van der Waals surface area contributed by atoms with Crippen molar-refractivity contribution in [1.29, 1.82) is 0 Å². The number of anilines is 2. The van der Waals surface area contributed by atoms with E-state index in [9.17, 15) is 10.1 Å². The van der Waals surface area contributed by atoms with Gasteiger partial charge in [0, 0.05) is 26.2 Å². The van der Waals surface area contributed by atoms with Gasteiger partial charge < -0.3 is 15.3 Å². The number of hydrogen-bond donors (Lipinski definition) is 2. The third-order valence-corrected chi connectivity index (χ3v) is 3.07. The standard InChI is InChI=1S/C14H23N3O3/c1-3-9-15-12-7-5-8-13(14(12)17(19)20)16(4-2)10-6-11-18/h5,7-8,15,18H,3-4,6,9-11H2,1-2H3. The quantitative estimate of drug-likeness (QED) is 0.537. The van der Waals surface area contributed by atoms with Gasteiger partial charge in [-0.2, -0.15) is 0 Å². The highest BCUT2D eigenvalue weighted by atomic mass is 16.6. The molecule has 0 heterocycles. The predicted molar refractivity (Wildman–Crippen MR) is 81.5 cm³/mol. The molecule has 0 aliphatic carbocycles. The molecule has 0 radical (unpaired) electrons. The summed E-state index contributed by atoms with van der Waals surface area (Å²) in [6.07, 6.45) is 1.50. The summed E-state index contributed by atoms with van der Waals surface area (Å²) in [6, 6.07) is 5.31. The lowest BCUT2D eigenvalue weighted by Gasteiger charge is -2.23. The number of hydrogen-bond acceptors (Lipinski definition) is 5. The third kappa shape index (κ3) is 4.09. The van der Waals surface area contributed by atoms with Crippen LogP contribution in [0, 0.1) is 10.1 Å². The van der Waals surface area contributed by atoms with Gasteiger partial charge in [-0.3, -0.25) is 10.1 Å². The van der Waals surface area contributed by atoms with Crippen molar-refractivity contribution >= 4 is 17.1 Å². The zero-order valence-corrected chi connectivity index (χ0v) is 12.1. The SMILES string of the molecule is CCCNc1cccc(N(CC)CCCO)c1[N+](=O)[O-]. The topological polar surface area (TPSA) is 78.6 Å². The van der Waals surface area contributed by atoms with E-state index in [0.29, 0.717) is 37.4 Å². The van der Waals surface area contributed by atoms with Crippen LogP contribution in [0.1, 0.15) is 26.7 Å². The van der Waals surface area contributed by atoms with E-state index in [2.05, 4.69) is 5.32 Å². The smallest absolute Gasteiger partial charge is 0.315 e. The minimum atomic E-state index is -0.338. The van der Waals surface area contributed by atoms with E-state index in [-0.39, 0.29) is 17.2 Å². The number of rotatable bonds is 9. The Kier molecular flexibility index (Phi) is 6.79. The molecule has 1 rings (SSSR count). The van der Waals surface area contributed by atoms with Gasteiger partial charge in [-0.25, -0.2) is 0 Å². The third-order valence-electron chi connectivity index (χ3n) is 3.07. The zero-order chi connectivity index (χ0) is 15.0. The molecule has 0 amide bonds. The molecule has 0 saturated heterocycles. The van der Waals surface area contributed by atoms with Crippen molar-refractivity contribution in [2.75, 3.05) is 36.5 Å². The van der Waals surface area contributed by atoms with Crippen molar-refractivity contribution in [1.82, 2.24) is 0 Å². The fourth-order valence-electron chi connectivity index (χ4n) is 2.09. The highest BCUT2D eigenvalue weighted by molar-refractivity contribution is 5.77. The van der Waals surface area contributed by atoms with Crippen LogP contribution in [0.15, 0.2) is 18.2 Å². The lowest BCUT2D eigenvalue weighted by molar-refractivity contribution is -0.383. The van der Waals surface area contributed by atoms with Crippen LogP contribution in [0.3, 0.4) is 0 Å². The molecule has 0 saturated carbocycles. The first-order chi connectivity index (χ1) is 9.65. The Morgan fingerprint density at radius 2 is 2.15 bits per heavy atom. The molecule has 6 nitrogen and oxygen atoms in total. The number of nitrogens with one attached hydrogen (secondary N) is 1. The average molecular weight is 281 g/mol. The first-order valence-corrected chi connectivity index (χ1v) is 7.02. The van der Waals surface area contributed by atoms with Crippen LogP contribution >= 0.6 is 0 Å². The summed E-state index contributed by atoms with van der Waals surface area (Å²) in [4.78, 5) is 13.0. The van der Waals surface area contributed by atoms with Crippen LogP contribution in [0.5, 0.6) is 0 Å². The second-order valence-electron chi connectivity index (χ2n) is 4.51. The number of aliphatic hydroxyl groups is 1. The number of benzene rings is 1. The Hall–Kier alpha value is -1.82. The molecule has 1 aromatic carbocycles. The molecule has 0 aliphatic heterocycles. The lowest BCUT2D eigenvalue weighted by Crippen LogP contribution is -2.25. The molecule has 0 aliphatic rings. The highest BCUT2D eigenvalue weighted by Crippen LogP contribution is 2.35. The first kappa shape index (κ1) is 16.2. The van der Waals surface area contributed by atoms with E-state index in [1.165, 1.54) is 0 Å². The maximum Gasteiger partial charge on any atom is 0.315 e. The normalized spacial score (nSPS) is 10.3. The van der Waals surface area contributed by atoms with E-state index in [0.717, 1.165) is 6.42 Å². The summed E-state index contributed by atoms with van der Waals surface area (Å²) < 4.78 is 0. The van der Waals surface area contributed by atoms with Gasteiger partial charge in [-0.05, 0) is 31.9 Å². The second kappa shape index (κ2) is 8.37. The lowest BCUT2D eigenvalue weighted by atomic mass is 10.2. The molecule has 0 bridgehead atoms. The maximum absolute atomic E-state index is 11.4. The fraction of sp³-hybridized carbons (Fsp3) is 0.571. The number of nitro groups is 1. The van der Waals surface area contributed by atoms with Gasteiger partial charge in [0.1, 0.15) is 11.4 Å². The van der Waals surface area contributed by atoms with Crippen LogP contribution < -0.4 is 10.2 Å². The Morgan fingerprint density at radius 1 is 1.40 bits per heavy atom. The number of nitrogens with zero attached hydrogens (tertiary/aromatic N) is 2. The maximum atomic E-state index is 11.4. The Morgan fingerprint density at radius 3 is 2.70 bits per heavy atom. The van der Waals surface area contributed by atoms with E-state index in [1.54, 1.807) is 12.1 Å². The van der Waals surface area contributed by atoms with Crippen molar-refractivity contribution in [2.24, 2.45) is 0 Å². The molecule has 1 aromatic rings. The molecule has 0 atom stereocenters. The molecule has 0 unspecified atom stereocenters. The fourth-order valence-corrected chi connectivity index (χ4v) is 2.09. The second-order valence-corrected chi connectivity index (χ2v) is 4.51. The van der Waals surface area contributed by atoms with E-state index >= 15 is 0 Å². The van der Waals surface area contributed by atoms with Gasteiger partial charge in [-0.15, -0.1) is 0 Å². The van der Waals surface area contributed by atoms with Crippen LogP contribution in [-0.2, 0) is 0 Å². The molecule has 112 valence electrons. The van der Waals surface area contributed by atoms with Crippen LogP contribution in [0.4, 0.5) is 17.1 Å². The van der Waals surface area contributed by atoms with Crippen molar-refractivity contribution in [2.45, 2.75) is 26.7 Å². The van der Waals surface area contributed by atoms with Crippen molar-refractivity contribution < 1.29 is 10.0 Å². The largest absolute Gasteiger partial charge is 0.396 e. The summed E-state index contributed by atoms with van der Waals surface area (Å²) in [6.45, 7) is 6.02. The number of para-hydroxylation sites is 1. The van der Waals surface area contributed by atoms with Gasteiger partial charge in [0.05, 0.1) is 4.92 Å². The zero-order valence-electron chi connectivity index (χ0n) is 12.1. The highest BCUT2D eigenvalue weighted by Gasteiger charge is 2.22. The van der Waals surface area contributed by atoms with Crippen LogP contribution in [-0.4, -0.2) is 36.3 Å². The molecule has 2 N–H and O–H groups in total. The Balaban J connectivity index is 3.12. The monoisotopic (exact) mass is 281 g/mol. The molecule has 6 heteroatoms. The van der Waals surface area contributed by atoms with Crippen molar-refractivity contribution in [3.63, 3.8) is 0 Å². The summed E-state index contributed by atoms with van der Waals surface area (Å²) in [5.74, 6) is 0. The number of nitro benzene ring substituents is 1. The van der Waals surface area contributed by atoms with Crippen LogP contribution in [0.2, 0.25) is 0 Å². The molecular weight excluding hydrogens is 258 g/mol. The summed E-state index contributed by atoms with van der Waals surface area (Å²) in [5.41, 5.74) is 1.27. The Bertz CT molecular complexity index is 438. The molecule has 0 aromatic heterocycles. The van der Waals surface area contributed by atoms with E-state index in [1.807, 2.05) is 24.8 Å². The number of aliphatic hydroxyl groups excluding tert-OH is 1. The summed E-state index contributed by atoms with van der Waals surface area (Å²) in [5, 5.41) is 23.4. The van der Waals surface area contributed by atoms with Crippen LogP contribution in [0.25, 0.3) is 0 Å². The minimum absolute atomic E-state index is 0.0814. The molecule has 20 heavy (non-hydrogen) atoms. The van der Waals surface area contributed by atoms with Gasteiger partial charge in [0.25, 0.3) is 0 Å². The summed E-state index contributed by atoms with van der Waals surface area (Å²) >= 11 is 0. The molecular formula is C14H23N3O3. The average Bonchev–Trinajstić information content (AvgIpc) is 2.45. The van der Waals surface area contributed by atoms with E-state index in [4.69, 9.17) is 5.11 Å². The van der Waals surface area contributed by atoms with Crippen molar-refractivity contribution in [3.8, 4) is 0 Å². The van der Waals surface area contributed by atoms with Gasteiger partial charge in [0.2, 0.25) is 0 Å². The molecule has 0 fully saturated rings. The van der Waals surface area contributed by atoms with Gasteiger partial charge in [0.15, 0.2) is 0 Å². The predicted octanol–water partition coefficient (Wildman–Crippen LogP) is 2.63. The minimum Gasteiger partial charge on any atom is -0.396 e. The van der Waals surface area contributed by atoms with Crippen molar-refractivity contribution in [3.05, 3.63) is 28.3 Å². The van der Waals surface area contributed by atoms with Gasteiger partial charge in [-0.1, -0.05) is 13.0 Å². The van der Waals surface area contributed by atoms with E-state index < -0.39 is 0 Å². The summed E-state index contributed by atoms with van der Waals surface area (Å²) in [7, 11) is 0. The molecule has 0 spiro atoms.